The number of nitro groups is 1. The van der Waals surface area contributed by atoms with E-state index < -0.39 is 254 Å². The normalized spacial score (nSPS) is 25.0. The van der Waals surface area contributed by atoms with Gasteiger partial charge in [-0.25, -0.2) is 38.7 Å². The summed E-state index contributed by atoms with van der Waals surface area (Å²) in [4.78, 5) is 256. The Hall–Kier alpha value is -15.1. The number of fused-ring (bicyclic) bond motifs is 4. The number of Topliss-reactive ketones (excluding diaryl/α,β-unsaturated/α-hetero) is 2. The predicted octanol–water partition coefficient (Wildman–Crippen LogP) is 2.41. The lowest BCUT2D eigenvalue weighted by atomic mass is 9.72. The van der Waals surface area contributed by atoms with Gasteiger partial charge in [-0.3, -0.25) is 92.0 Å². The fourth-order valence-corrected chi connectivity index (χ4v) is 13.3. The number of ether oxygens (including phenoxy) is 2. The number of hydrogen-bond acceptors (Lipinski definition) is 30. The number of carboxylic acid groups (broad SMARTS) is 16. The van der Waals surface area contributed by atoms with E-state index in [0.717, 1.165) is 36.4 Å². The second-order valence-electron chi connectivity index (χ2n) is 27.1. The summed E-state index contributed by atoms with van der Waals surface area (Å²) in [5, 5.41) is 154. The van der Waals surface area contributed by atoms with Crippen molar-refractivity contribution in [1.29, 1.82) is 0 Å². The molecule has 16 atom stereocenters. The van der Waals surface area contributed by atoms with Crippen LogP contribution in [0.25, 0.3) is 22.1 Å². The molecular weight excluding hydrogens is 1630 g/mol. The number of nitrogens with two attached hydrogens (primary N) is 1. The lowest BCUT2D eigenvalue weighted by Crippen LogP contribution is -2.48. The molecule has 0 amide bonds. The largest absolute Gasteiger partial charge is 0.481 e. The molecule has 0 saturated heterocycles. The number of allylic oxidation sites excluding steroid dienone is 6. The molecule has 8 aliphatic rings. The van der Waals surface area contributed by atoms with Gasteiger partial charge in [-0.15, -0.1) is 0 Å². The third kappa shape index (κ3) is 27.0. The number of nitrogens with zero attached hydrogens (tertiary/aromatic N) is 5. The number of rotatable bonds is 19. The van der Waals surface area contributed by atoms with Crippen LogP contribution in [-0.2, 0) is 91.0 Å². The van der Waals surface area contributed by atoms with Crippen LogP contribution in [0.5, 0.6) is 0 Å². The molecule has 0 bridgehead atoms. The highest BCUT2D eigenvalue weighted by Gasteiger charge is 2.51. The number of aliphatic imine (C=N–C) groups is 2. The molecule has 2 aromatic carbocycles. The Labute approximate surface area is 676 Å². The molecule has 121 heavy (non-hydrogen) atoms. The highest BCUT2D eigenvalue weighted by Crippen LogP contribution is 2.40. The Bertz CT molecular complexity index is 4640. The zero-order chi connectivity index (χ0) is 91.8. The van der Waals surface area contributed by atoms with E-state index in [4.69, 9.17) is 71.7 Å². The van der Waals surface area contributed by atoms with Gasteiger partial charge in [0, 0.05) is 73.9 Å². The van der Waals surface area contributed by atoms with Gasteiger partial charge in [0.05, 0.1) is 133 Å². The van der Waals surface area contributed by atoms with Crippen molar-refractivity contribution in [2.24, 2.45) is 86.7 Å². The standard InChI is InChI=1S/C16H18N2O8.C16H8N2O8.C10H12O6.C8H9NO7.C8H11NO5.C8H10O4.C4H2O3.C4H6/c2*19-13(20)5-1-9-10(2-6(5)14(21)22)18-12-4-8(16(25)26)7(15(23)24)3-11(12)17-9;1-5(11)16-6-2-3-7(9(12)13)8(4-6)10(14)15;10-6-2-4(8(13)14)3(7(11)12)1-5(6)9(15)16;9-5-1-3(7(11)12)4(8(13)14)2-6(5)10;9-7(10)5-3-1-2-4-6(5)8(11)12;5-3-1-2-4(6)7-3;1-3-4-2/h5-9,12H,1-4H2,(H,19,20)(H,21,22)(H,23,24)(H,25,26);1-4H,(H,19,20)(H,21,22)(H,23,24)(H,25,26);2,7-8H,3-4H2,1H3,(H,12,13)(H,14,15);3-5H,1-2H2,(H,11,12)(H,13,14);3-5H,1-2,9H2,(H,11,12)(H,13,14);1-2,5-6H,3-4H2,(H,9,10)(H,11,12);1-2H;3-4H,1-2H2. The van der Waals surface area contributed by atoms with Gasteiger partial charge < -0.3 is 96.9 Å². The van der Waals surface area contributed by atoms with Gasteiger partial charge in [0.25, 0.3) is 6.04 Å². The number of aromatic nitrogens is 2. The van der Waals surface area contributed by atoms with Crippen LogP contribution in [0.15, 0.2) is 95.7 Å². The van der Waals surface area contributed by atoms with Crippen LogP contribution in [0.4, 0.5) is 0 Å². The number of esters is 3. The summed E-state index contributed by atoms with van der Waals surface area (Å²) < 4.78 is 8.74. The molecule has 47 nitrogen and oxygen atoms in total. The summed E-state index contributed by atoms with van der Waals surface area (Å²) in [6.45, 7) is 7.93. The first kappa shape index (κ1) is 98.3. The fraction of sp³-hybridized carbons (Fsp3) is 0.392. The third-order valence-corrected chi connectivity index (χ3v) is 19.4. The number of carbonyl (C=O) groups is 21. The highest BCUT2D eigenvalue weighted by atomic mass is 16.6. The van der Waals surface area contributed by atoms with Gasteiger partial charge in [0.1, 0.15) is 11.5 Å². The Morgan fingerprint density at radius 3 is 0.967 bits per heavy atom. The summed E-state index contributed by atoms with van der Waals surface area (Å²) in [6.07, 6.45) is 9.34. The first-order valence-corrected chi connectivity index (χ1v) is 35.1. The minimum atomic E-state index is -1.60. The van der Waals surface area contributed by atoms with E-state index in [1.165, 1.54) is 13.0 Å². The minimum absolute atomic E-state index is 0.0124. The van der Waals surface area contributed by atoms with Crippen molar-refractivity contribution in [3.05, 3.63) is 118 Å². The Morgan fingerprint density at radius 1 is 0.413 bits per heavy atom. The van der Waals surface area contributed by atoms with Gasteiger partial charge in [-0.05, 0) is 68.9 Å². The van der Waals surface area contributed by atoms with E-state index in [1.807, 2.05) is 0 Å². The van der Waals surface area contributed by atoms with Gasteiger partial charge in [0.15, 0.2) is 0 Å². The summed E-state index contributed by atoms with van der Waals surface area (Å²) in [5.41, 5.74) is 4.39. The van der Waals surface area contributed by atoms with E-state index in [0.29, 0.717) is 24.3 Å². The van der Waals surface area contributed by atoms with E-state index in [-0.39, 0.29) is 85.0 Å². The molecule has 0 spiro atoms. The Morgan fingerprint density at radius 2 is 0.694 bits per heavy atom. The third-order valence-electron chi connectivity index (χ3n) is 19.4. The highest BCUT2D eigenvalue weighted by molar-refractivity contribution is 6.09. The molecule has 4 fully saturated rings. The molecule has 2 aliphatic heterocycles. The number of hydrogen-bond donors (Lipinski definition) is 17. The van der Waals surface area contributed by atoms with Crippen molar-refractivity contribution in [2.45, 2.75) is 108 Å². The molecule has 47 heteroatoms. The number of ketones is 2. The molecule has 0 radical (unpaired) electrons. The Kier molecular flexibility index (Phi) is 35.5. The maximum Gasteiger partial charge on any atom is 0.338 e. The van der Waals surface area contributed by atoms with E-state index in [1.54, 1.807) is 24.3 Å². The van der Waals surface area contributed by atoms with Crippen molar-refractivity contribution >= 4 is 158 Å². The predicted molar refractivity (Wildman–Crippen MR) is 395 cm³/mol. The second-order valence-corrected chi connectivity index (χ2v) is 27.1. The summed E-state index contributed by atoms with van der Waals surface area (Å²) >= 11 is 0. The molecule has 6 aliphatic carbocycles. The van der Waals surface area contributed by atoms with Gasteiger partial charge in [-0.1, -0.05) is 37.5 Å². The van der Waals surface area contributed by atoms with Crippen LogP contribution in [0.2, 0.25) is 0 Å². The average Bonchev–Trinajstić information content (AvgIpc) is 1.53. The van der Waals surface area contributed by atoms with Gasteiger partial charge in [0.2, 0.25) is 5.78 Å². The van der Waals surface area contributed by atoms with Crippen LogP contribution < -0.4 is 5.73 Å². The number of carbonyl (C=O) groups excluding carboxylic acids is 5. The summed E-state index contributed by atoms with van der Waals surface area (Å²) in [6, 6.07) is 0.433. The molecule has 3 aromatic rings. The first-order chi connectivity index (χ1) is 56.4. The van der Waals surface area contributed by atoms with Crippen molar-refractivity contribution in [3.63, 3.8) is 0 Å². The van der Waals surface area contributed by atoms with Crippen LogP contribution in [0.3, 0.4) is 0 Å². The van der Waals surface area contributed by atoms with E-state index >= 15 is 0 Å². The van der Waals surface area contributed by atoms with Gasteiger partial charge >= 0.3 is 113 Å². The number of carboxylic acids is 16. The molecule has 16 unspecified atom stereocenters. The first-order valence-electron chi connectivity index (χ1n) is 35.1. The topological polar surface area (TPSA) is 820 Å². The quantitative estimate of drug-likeness (QED) is 0.0156. The van der Waals surface area contributed by atoms with Crippen molar-refractivity contribution in [1.82, 2.24) is 9.97 Å². The van der Waals surface area contributed by atoms with E-state index in [9.17, 15) is 131 Å². The van der Waals surface area contributed by atoms with Crippen molar-refractivity contribution in [3.8, 4) is 0 Å². The smallest absolute Gasteiger partial charge is 0.338 e. The molecule has 1 aromatic heterocycles. The zero-order valence-electron chi connectivity index (χ0n) is 62.7. The van der Waals surface area contributed by atoms with Crippen LogP contribution in [0.1, 0.15) is 125 Å². The van der Waals surface area contributed by atoms with Crippen molar-refractivity contribution in [2.75, 3.05) is 0 Å². The number of aromatic carboxylic acids is 4. The van der Waals surface area contributed by atoms with Crippen LogP contribution in [-0.4, -0.2) is 257 Å². The SMILES string of the molecule is C=CC=C.CC(=O)OC1=CCC(C(=O)O)C(C(=O)O)C1.NC1CC(C(=O)O)C(C(=O)O)CC1=O.O=C(O)C1CC(=O)C([N+](=O)[O-])CC1C(=O)O.O=C(O)C1CC2=NC3CC(C(=O)O)C(C(=O)O)CC3=NC2CC1C(=O)O.O=C(O)C1CC=CCC1C(=O)O.O=C(O)c1cc2nc3cc(C(=O)O)c(C(=O)O)cc3nc2cc1C(=O)O.O=C1C=CC(=O)O1. The molecule has 648 valence electrons. The van der Waals surface area contributed by atoms with Crippen LogP contribution >= 0.6 is 0 Å². The molecule has 3 heterocycles. The fourth-order valence-electron chi connectivity index (χ4n) is 13.3. The van der Waals surface area contributed by atoms with Gasteiger partial charge in [-0.2, -0.15) is 0 Å². The lowest BCUT2D eigenvalue weighted by Gasteiger charge is -2.39. The number of benzene rings is 2. The maximum atomic E-state index is 11.4. The molecule has 4 saturated carbocycles. The number of aliphatic carboxylic acids is 12. The lowest BCUT2D eigenvalue weighted by molar-refractivity contribution is -0.511. The monoisotopic (exact) mass is 1700 g/mol. The maximum absolute atomic E-state index is 11.4. The average molecular weight is 1710 g/mol. The zero-order valence-corrected chi connectivity index (χ0v) is 62.7. The number of cyclic esters (lactones) is 2. The van der Waals surface area contributed by atoms with E-state index in [2.05, 4.69) is 37.8 Å². The molecular formula is C74H76N6O41. The minimum Gasteiger partial charge on any atom is -0.481 e. The Balaban J connectivity index is 0.000000303. The molecule has 11 rings (SSSR count). The summed E-state index contributed by atoms with van der Waals surface area (Å²) in [7, 11) is 0. The second kappa shape index (κ2) is 43.7. The van der Waals surface area contributed by atoms with Crippen LogP contribution in [0, 0.1) is 81.1 Å². The summed E-state index contributed by atoms with van der Waals surface area (Å²) in [5.74, 6) is -36.0. The van der Waals surface area contributed by atoms with Crippen molar-refractivity contribution < 1.29 is 197 Å². The molecule has 18 N–H and O–H groups in total.